The molecule has 4 nitrogen and oxygen atoms in total. The van der Waals surface area contributed by atoms with Crippen LogP contribution in [0, 0.1) is 32.1 Å². The molecule has 0 aliphatic rings. The fourth-order valence-corrected chi connectivity index (χ4v) is 3.06. The van der Waals surface area contributed by atoms with Gasteiger partial charge in [-0.25, -0.2) is 0 Å². The second kappa shape index (κ2) is 5.58. The molecule has 0 amide bonds. The lowest BCUT2D eigenvalue weighted by Gasteiger charge is -2.12. The zero-order chi connectivity index (χ0) is 15.6. The number of aryl methyl sites for hydroxylation is 3. The van der Waals surface area contributed by atoms with E-state index in [1.54, 1.807) is 38.1 Å². The van der Waals surface area contributed by atoms with Gasteiger partial charge in [0.1, 0.15) is 10.6 Å². The monoisotopic (exact) mass is 301 g/mol. The van der Waals surface area contributed by atoms with Crippen molar-refractivity contribution in [2.24, 2.45) is 0 Å². The SMILES string of the molecule is Cc1ccc(S(=O)(=O)Oc2c(C)cc(C#N)cc2C)cc1. The lowest BCUT2D eigenvalue weighted by Crippen LogP contribution is -2.11. The molecule has 0 unspecified atom stereocenters. The van der Waals surface area contributed by atoms with Crippen LogP contribution in [0.2, 0.25) is 0 Å². The minimum atomic E-state index is -3.88. The summed E-state index contributed by atoms with van der Waals surface area (Å²) in [5, 5.41) is 8.90. The summed E-state index contributed by atoms with van der Waals surface area (Å²) in [6.45, 7) is 5.31. The summed E-state index contributed by atoms with van der Waals surface area (Å²) in [7, 11) is -3.88. The van der Waals surface area contributed by atoms with E-state index in [1.807, 2.05) is 13.0 Å². The third-order valence-corrected chi connectivity index (χ3v) is 4.33. The second-order valence-corrected chi connectivity index (χ2v) is 6.45. The maximum atomic E-state index is 12.3. The molecule has 2 rings (SSSR count). The summed E-state index contributed by atoms with van der Waals surface area (Å²) in [5.41, 5.74) is 2.68. The maximum Gasteiger partial charge on any atom is 0.339 e. The number of rotatable bonds is 3. The Balaban J connectivity index is 2.42. The van der Waals surface area contributed by atoms with Gasteiger partial charge in [0.25, 0.3) is 0 Å². The molecular formula is C16H15NO3S. The van der Waals surface area contributed by atoms with Crippen molar-refractivity contribution in [3.05, 3.63) is 58.7 Å². The van der Waals surface area contributed by atoms with Gasteiger partial charge >= 0.3 is 10.1 Å². The van der Waals surface area contributed by atoms with Crippen molar-refractivity contribution in [2.45, 2.75) is 25.7 Å². The maximum absolute atomic E-state index is 12.3. The lowest BCUT2D eigenvalue weighted by molar-refractivity contribution is 0.482. The number of nitrogens with zero attached hydrogens (tertiary/aromatic N) is 1. The average Bonchev–Trinajstić information content (AvgIpc) is 2.43. The molecule has 0 fully saturated rings. The van der Waals surface area contributed by atoms with Crippen LogP contribution in [0.4, 0.5) is 0 Å². The highest BCUT2D eigenvalue weighted by Gasteiger charge is 2.19. The molecule has 21 heavy (non-hydrogen) atoms. The van der Waals surface area contributed by atoms with Gasteiger partial charge in [-0.15, -0.1) is 0 Å². The van der Waals surface area contributed by atoms with Gasteiger partial charge in [-0.05, 0) is 56.2 Å². The Kier molecular flexibility index (Phi) is 4.01. The molecular weight excluding hydrogens is 286 g/mol. The van der Waals surface area contributed by atoms with Gasteiger partial charge in [0.2, 0.25) is 0 Å². The molecule has 0 aromatic heterocycles. The van der Waals surface area contributed by atoms with Crippen molar-refractivity contribution in [1.82, 2.24) is 0 Å². The van der Waals surface area contributed by atoms with Crippen LogP contribution in [0.5, 0.6) is 5.75 Å². The van der Waals surface area contributed by atoms with Gasteiger partial charge in [0, 0.05) is 0 Å². The Bertz CT molecular complexity index is 793. The third-order valence-electron chi connectivity index (χ3n) is 3.09. The summed E-state index contributed by atoms with van der Waals surface area (Å²) >= 11 is 0. The molecule has 0 saturated heterocycles. The van der Waals surface area contributed by atoms with Crippen molar-refractivity contribution < 1.29 is 12.6 Å². The average molecular weight is 301 g/mol. The van der Waals surface area contributed by atoms with Crippen molar-refractivity contribution in [1.29, 1.82) is 5.26 Å². The summed E-state index contributed by atoms with van der Waals surface area (Å²) < 4.78 is 29.8. The van der Waals surface area contributed by atoms with E-state index in [1.165, 1.54) is 12.1 Å². The van der Waals surface area contributed by atoms with Crippen LogP contribution in [0.25, 0.3) is 0 Å². The molecule has 2 aromatic rings. The standard InChI is InChI=1S/C16H15NO3S/c1-11-4-6-15(7-5-11)21(18,19)20-16-12(2)8-14(10-17)9-13(16)3/h4-9H,1-3H3. The smallest absolute Gasteiger partial charge is 0.339 e. The van der Waals surface area contributed by atoms with E-state index in [0.717, 1.165) is 5.56 Å². The van der Waals surface area contributed by atoms with E-state index < -0.39 is 10.1 Å². The van der Waals surface area contributed by atoms with E-state index in [9.17, 15) is 8.42 Å². The van der Waals surface area contributed by atoms with Crippen molar-refractivity contribution in [3.8, 4) is 11.8 Å². The summed E-state index contributed by atoms with van der Waals surface area (Å²) in [5.74, 6) is 0.273. The number of benzene rings is 2. The highest BCUT2D eigenvalue weighted by atomic mass is 32.2. The predicted molar refractivity (Wildman–Crippen MR) is 79.6 cm³/mol. The lowest BCUT2D eigenvalue weighted by atomic mass is 10.1. The van der Waals surface area contributed by atoms with Gasteiger partial charge in [-0.2, -0.15) is 13.7 Å². The van der Waals surface area contributed by atoms with Gasteiger partial charge in [0.05, 0.1) is 11.6 Å². The van der Waals surface area contributed by atoms with E-state index in [-0.39, 0.29) is 10.6 Å². The number of nitriles is 1. The van der Waals surface area contributed by atoms with Crippen LogP contribution >= 0.6 is 0 Å². The first-order valence-corrected chi connectivity index (χ1v) is 7.77. The fourth-order valence-electron chi connectivity index (χ4n) is 2.01. The summed E-state index contributed by atoms with van der Waals surface area (Å²) in [6.07, 6.45) is 0. The molecule has 0 N–H and O–H groups in total. The molecule has 0 bridgehead atoms. The Hall–Kier alpha value is -2.32. The van der Waals surface area contributed by atoms with Crippen LogP contribution in [-0.2, 0) is 10.1 Å². The molecule has 0 heterocycles. The second-order valence-electron chi connectivity index (χ2n) is 4.90. The van der Waals surface area contributed by atoms with E-state index in [4.69, 9.17) is 9.44 Å². The first kappa shape index (κ1) is 15.1. The molecule has 108 valence electrons. The largest absolute Gasteiger partial charge is 0.378 e. The summed E-state index contributed by atoms with van der Waals surface area (Å²) in [6, 6.07) is 11.7. The van der Waals surface area contributed by atoms with Crippen molar-refractivity contribution in [2.75, 3.05) is 0 Å². The minimum absolute atomic E-state index is 0.108. The zero-order valence-corrected chi connectivity index (χ0v) is 12.9. The topological polar surface area (TPSA) is 67.2 Å². The molecule has 0 radical (unpaired) electrons. The van der Waals surface area contributed by atoms with Gasteiger partial charge in [0.15, 0.2) is 0 Å². The molecule has 2 aromatic carbocycles. The highest BCUT2D eigenvalue weighted by molar-refractivity contribution is 7.87. The van der Waals surface area contributed by atoms with E-state index >= 15 is 0 Å². The first-order valence-electron chi connectivity index (χ1n) is 6.36. The van der Waals surface area contributed by atoms with Crippen molar-refractivity contribution in [3.63, 3.8) is 0 Å². The quantitative estimate of drug-likeness (QED) is 0.816. The molecule has 5 heteroatoms. The first-order chi connectivity index (χ1) is 9.83. The summed E-state index contributed by atoms with van der Waals surface area (Å²) in [4.78, 5) is 0.108. The van der Waals surface area contributed by atoms with E-state index in [2.05, 4.69) is 0 Å². The van der Waals surface area contributed by atoms with Crippen LogP contribution in [-0.4, -0.2) is 8.42 Å². The number of hydrogen-bond acceptors (Lipinski definition) is 4. The van der Waals surface area contributed by atoms with Crippen LogP contribution < -0.4 is 4.18 Å². The van der Waals surface area contributed by atoms with Crippen LogP contribution in [0.3, 0.4) is 0 Å². The minimum Gasteiger partial charge on any atom is -0.378 e. The Morgan fingerprint density at radius 2 is 1.52 bits per heavy atom. The van der Waals surface area contributed by atoms with Crippen LogP contribution in [0.1, 0.15) is 22.3 Å². The third kappa shape index (κ3) is 3.23. The van der Waals surface area contributed by atoms with Crippen LogP contribution in [0.15, 0.2) is 41.3 Å². The molecule has 0 atom stereocenters. The van der Waals surface area contributed by atoms with Gasteiger partial charge < -0.3 is 4.18 Å². The predicted octanol–water partition coefficient (Wildman–Crippen LogP) is 3.25. The van der Waals surface area contributed by atoms with Gasteiger partial charge in [-0.3, -0.25) is 0 Å². The Morgan fingerprint density at radius 1 is 1.00 bits per heavy atom. The van der Waals surface area contributed by atoms with Gasteiger partial charge in [-0.1, -0.05) is 17.7 Å². The normalized spacial score (nSPS) is 11.0. The number of hydrogen-bond donors (Lipinski definition) is 0. The van der Waals surface area contributed by atoms with Crippen molar-refractivity contribution >= 4 is 10.1 Å². The Labute approximate surface area is 124 Å². The molecule has 0 aliphatic heterocycles. The van der Waals surface area contributed by atoms with E-state index in [0.29, 0.717) is 16.7 Å². The Morgan fingerprint density at radius 3 is 2.00 bits per heavy atom. The fraction of sp³-hybridized carbons (Fsp3) is 0.188. The molecule has 0 saturated carbocycles. The highest BCUT2D eigenvalue weighted by Crippen LogP contribution is 2.28. The zero-order valence-electron chi connectivity index (χ0n) is 12.0. The molecule has 0 spiro atoms. The molecule has 0 aliphatic carbocycles.